The van der Waals surface area contributed by atoms with Gasteiger partial charge in [-0.15, -0.1) is 0 Å². The van der Waals surface area contributed by atoms with Crippen LogP contribution in [-0.2, 0) is 4.79 Å². The van der Waals surface area contributed by atoms with Gasteiger partial charge >= 0.3 is 0 Å². The molecule has 162 valence electrons. The smallest absolute Gasteiger partial charge is 0.258 e. The van der Waals surface area contributed by atoms with E-state index in [0.29, 0.717) is 17.3 Å². The fraction of sp³-hybridized carbons (Fsp3) is 0.304. The molecule has 1 unspecified atom stereocenters. The monoisotopic (exact) mass is 440 g/mol. The normalized spacial score (nSPS) is 16.1. The van der Waals surface area contributed by atoms with Gasteiger partial charge in [-0.05, 0) is 66.9 Å². The summed E-state index contributed by atoms with van der Waals surface area (Å²) in [5.41, 5.74) is 1.99. The van der Waals surface area contributed by atoms with Gasteiger partial charge in [0.2, 0.25) is 0 Å². The predicted octanol–water partition coefficient (Wildman–Crippen LogP) is 3.90. The molecule has 31 heavy (non-hydrogen) atoms. The highest BCUT2D eigenvalue weighted by Crippen LogP contribution is 2.25. The summed E-state index contributed by atoms with van der Waals surface area (Å²) in [4.78, 5) is 14.5. The van der Waals surface area contributed by atoms with E-state index >= 15 is 0 Å². The summed E-state index contributed by atoms with van der Waals surface area (Å²) in [6.07, 6.45) is 1.91. The van der Waals surface area contributed by atoms with E-state index in [4.69, 9.17) is 21.1 Å². The number of nitrogens with zero attached hydrogens (tertiary/aromatic N) is 2. The minimum absolute atomic E-state index is 0.0256. The second-order valence-electron chi connectivity index (χ2n) is 7.46. The zero-order valence-electron chi connectivity index (χ0n) is 17.3. The van der Waals surface area contributed by atoms with Crippen molar-refractivity contribution in [3.05, 3.63) is 59.6 Å². The molecular formula is C23H25ClN4O3. The average Bonchev–Trinajstić information content (AvgIpc) is 3.29. The van der Waals surface area contributed by atoms with Crippen LogP contribution in [0.4, 0.5) is 5.82 Å². The predicted molar refractivity (Wildman–Crippen MR) is 121 cm³/mol. The third-order valence-electron chi connectivity index (χ3n) is 5.26. The third kappa shape index (κ3) is 5.49. The number of halogens is 1. The lowest BCUT2D eigenvalue weighted by atomic mass is 10.1. The number of hydrogen-bond donors (Lipinski definition) is 2. The standard InChI is InChI=1S/C23H25ClN4O3/c1-30-19-8-4-16(5-9-19)21-13-22(27-26-21)28-12-2-3-18(14-28)25-23(29)15-31-20-10-6-17(24)7-11-20/h4-11,13,18H,2-3,12,14-15H2,1H3,(H,25,29)(H,26,27). The minimum Gasteiger partial charge on any atom is -0.497 e. The summed E-state index contributed by atoms with van der Waals surface area (Å²) < 4.78 is 10.7. The molecule has 2 N–H and O–H groups in total. The molecule has 1 amide bonds. The Bertz CT molecular complexity index is 1000. The Morgan fingerprint density at radius 2 is 1.94 bits per heavy atom. The fourth-order valence-corrected chi connectivity index (χ4v) is 3.77. The maximum atomic E-state index is 12.3. The number of rotatable bonds is 7. The highest BCUT2D eigenvalue weighted by Gasteiger charge is 2.23. The van der Waals surface area contributed by atoms with Crippen LogP contribution in [0.3, 0.4) is 0 Å². The quantitative estimate of drug-likeness (QED) is 0.582. The van der Waals surface area contributed by atoms with Crippen LogP contribution in [0.2, 0.25) is 5.02 Å². The van der Waals surface area contributed by atoms with Gasteiger partial charge in [0, 0.05) is 30.2 Å². The van der Waals surface area contributed by atoms with Gasteiger partial charge in [-0.1, -0.05) is 11.6 Å². The van der Waals surface area contributed by atoms with Crippen LogP contribution in [0, 0.1) is 0 Å². The molecule has 0 aliphatic carbocycles. The molecule has 7 nitrogen and oxygen atoms in total. The van der Waals surface area contributed by atoms with Gasteiger partial charge < -0.3 is 19.7 Å². The molecule has 0 saturated carbocycles. The number of benzene rings is 2. The first-order valence-corrected chi connectivity index (χ1v) is 10.6. The number of methoxy groups -OCH3 is 1. The average molecular weight is 441 g/mol. The van der Waals surface area contributed by atoms with Crippen molar-refractivity contribution in [1.29, 1.82) is 0 Å². The fourth-order valence-electron chi connectivity index (χ4n) is 3.64. The molecule has 0 spiro atoms. The maximum absolute atomic E-state index is 12.3. The lowest BCUT2D eigenvalue weighted by Gasteiger charge is -2.33. The van der Waals surface area contributed by atoms with Crippen LogP contribution in [0.15, 0.2) is 54.6 Å². The van der Waals surface area contributed by atoms with E-state index in [1.54, 1.807) is 31.4 Å². The van der Waals surface area contributed by atoms with Gasteiger partial charge in [-0.25, -0.2) is 0 Å². The molecular weight excluding hydrogens is 416 g/mol. The molecule has 1 aromatic heterocycles. The van der Waals surface area contributed by atoms with Crippen molar-refractivity contribution in [3.63, 3.8) is 0 Å². The molecule has 0 radical (unpaired) electrons. The Balaban J connectivity index is 1.31. The van der Waals surface area contributed by atoms with Crippen molar-refractivity contribution in [2.75, 3.05) is 31.7 Å². The number of anilines is 1. The highest BCUT2D eigenvalue weighted by molar-refractivity contribution is 6.30. The van der Waals surface area contributed by atoms with Crippen LogP contribution in [0.5, 0.6) is 11.5 Å². The molecule has 1 aliphatic heterocycles. The third-order valence-corrected chi connectivity index (χ3v) is 5.51. The van der Waals surface area contributed by atoms with Crippen LogP contribution in [0.25, 0.3) is 11.3 Å². The van der Waals surface area contributed by atoms with Gasteiger partial charge in [0.05, 0.1) is 12.8 Å². The molecule has 3 aromatic rings. The molecule has 2 aromatic carbocycles. The Morgan fingerprint density at radius 1 is 1.19 bits per heavy atom. The lowest BCUT2D eigenvalue weighted by Crippen LogP contribution is -2.49. The molecule has 1 aliphatic rings. The number of carbonyl (C=O) groups is 1. The van der Waals surface area contributed by atoms with Crippen molar-refractivity contribution in [3.8, 4) is 22.8 Å². The molecule has 0 bridgehead atoms. The van der Waals surface area contributed by atoms with Crippen LogP contribution in [-0.4, -0.2) is 49.0 Å². The maximum Gasteiger partial charge on any atom is 0.258 e. The first-order chi connectivity index (χ1) is 15.1. The van der Waals surface area contributed by atoms with Crippen molar-refractivity contribution < 1.29 is 14.3 Å². The number of carbonyl (C=O) groups excluding carboxylic acids is 1. The van der Waals surface area contributed by atoms with E-state index in [1.807, 2.05) is 30.3 Å². The van der Waals surface area contributed by atoms with Crippen molar-refractivity contribution >= 4 is 23.3 Å². The number of aromatic amines is 1. The summed E-state index contributed by atoms with van der Waals surface area (Å²) in [7, 11) is 1.65. The zero-order valence-corrected chi connectivity index (χ0v) is 18.1. The summed E-state index contributed by atoms with van der Waals surface area (Å²) in [5, 5.41) is 11.3. The number of H-pyrrole nitrogens is 1. The van der Waals surface area contributed by atoms with Gasteiger partial charge in [-0.2, -0.15) is 5.10 Å². The number of amides is 1. The lowest BCUT2D eigenvalue weighted by molar-refractivity contribution is -0.123. The van der Waals surface area contributed by atoms with Gasteiger partial charge in [0.1, 0.15) is 11.5 Å². The highest BCUT2D eigenvalue weighted by atomic mass is 35.5. The van der Waals surface area contributed by atoms with E-state index in [2.05, 4.69) is 20.4 Å². The first-order valence-electron chi connectivity index (χ1n) is 10.2. The number of ether oxygens (including phenoxy) is 2. The Labute approximate surface area is 186 Å². The van der Waals surface area contributed by atoms with E-state index in [9.17, 15) is 4.79 Å². The second-order valence-corrected chi connectivity index (χ2v) is 7.90. The number of piperidine rings is 1. The van der Waals surface area contributed by atoms with E-state index in [0.717, 1.165) is 42.2 Å². The SMILES string of the molecule is COc1ccc(-c2cc(N3CCCC(NC(=O)COc4ccc(Cl)cc4)C3)n[nH]2)cc1. The summed E-state index contributed by atoms with van der Waals surface area (Å²) in [6.45, 7) is 1.59. The summed E-state index contributed by atoms with van der Waals surface area (Å²) >= 11 is 5.86. The van der Waals surface area contributed by atoms with Crippen molar-refractivity contribution in [2.24, 2.45) is 0 Å². The first kappa shape index (κ1) is 21.1. The minimum atomic E-state index is -0.136. The molecule has 1 saturated heterocycles. The van der Waals surface area contributed by atoms with Crippen LogP contribution in [0.1, 0.15) is 12.8 Å². The van der Waals surface area contributed by atoms with Gasteiger partial charge in [0.15, 0.2) is 12.4 Å². The molecule has 4 rings (SSSR count). The van der Waals surface area contributed by atoms with E-state index in [-0.39, 0.29) is 18.6 Å². The van der Waals surface area contributed by atoms with E-state index in [1.165, 1.54) is 0 Å². The van der Waals surface area contributed by atoms with Gasteiger partial charge in [-0.3, -0.25) is 9.89 Å². The summed E-state index contributed by atoms with van der Waals surface area (Å²) in [5.74, 6) is 2.18. The van der Waals surface area contributed by atoms with Crippen molar-refractivity contribution in [1.82, 2.24) is 15.5 Å². The summed E-state index contributed by atoms with van der Waals surface area (Å²) in [6, 6.07) is 16.9. The van der Waals surface area contributed by atoms with Crippen molar-refractivity contribution in [2.45, 2.75) is 18.9 Å². The largest absolute Gasteiger partial charge is 0.497 e. The zero-order chi connectivity index (χ0) is 21.6. The molecule has 1 fully saturated rings. The van der Waals surface area contributed by atoms with Crippen LogP contribution < -0.4 is 19.7 Å². The Hall–Kier alpha value is -3.19. The second kappa shape index (κ2) is 9.75. The van der Waals surface area contributed by atoms with E-state index < -0.39 is 0 Å². The number of aromatic nitrogens is 2. The topological polar surface area (TPSA) is 79.5 Å². The number of hydrogen-bond acceptors (Lipinski definition) is 5. The number of nitrogens with one attached hydrogen (secondary N) is 2. The van der Waals surface area contributed by atoms with Crippen LogP contribution >= 0.6 is 11.6 Å². The van der Waals surface area contributed by atoms with Gasteiger partial charge in [0.25, 0.3) is 5.91 Å². The molecule has 2 heterocycles. The molecule has 8 heteroatoms. The Morgan fingerprint density at radius 3 is 2.68 bits per heavy atom. The Kier molecular flexibility index (Phi) is 6.62. The molecule has 1 atom stereocenters.